The maximum absolute atomic E-state index is 12.9. The van der Waals surface area contributed by atoms with E-state index in [2.05, 4.69) is 14.8 Å². The van der Waals surface area contributed by atoms with Crippen molar-refractivity contribution in [3.05, 3.63) is 18.2 Å². The number of hydrogen-bond donors (Lipinski definition) is 1. The summed E-state index contributed by atoms with van der Waals surface area (Å²) in [6, 6.07) is 3.76. The van der Waals surface area contributed by atoms with Gasteiger partial charge < -0.3 is 19.5 Å². The molecule has 0 radical (unpaired) electrons. The Morgan fingerprint density at radius 1 is 1.33 bits per heavy atom. The van der Waals surface area contributed by atoms with Crippen molar-refractivity contribution in [2.24, 2.45) is 0 Å². The Labute approximate surface area is 121 Å². The first kappa shape index (κ1) is 15.3. The highest BCUT2D eigenvalue weighted by molar-refractivity contribution is 5.79. The van der Waals surface area contributed by atoms with Crippen molar-refractivity contribution in [2.75, 3.05) is 11.9 Å². The lowest BCUT2D eigenvalue weighted by Gasteiger charge is -2.17. The molecule has 0 saturated heterocycles. The highest BCUT2D eigenvalue weighted by Crippen LogP contribution is 2.42. The van der Waals surface area contributed by atoms with E-state index in [1.54, 1.807) is 13.0 Å². The fraction of sp³-hybridized carbons (Fsp3) is 0.500. The number of carbonyl (C=O) groups is 1. The van der Waals surface area contributed by atoms with Gasteiger partial charge in [-0.05, 0) is 25.5 Å². The van der Waals surface area contributed by atoms with E-state index >= 15 is 0 Å². The number of rotatable bonds is 6. The summed E-state index contributed by atoms with van der Waals surface area (Å²) in [6.07, 6.45) is -2.30. The molecular formula is C14H17F2NO4. The van der Waals surface area contributed by atoms with Gasteiger partial charge >= 0.3 is 12.3 Å². The zero-order chi connectivity index (χ0) is 15.5. The van der Waals surface area contributed by atoms with Gasteiger partial charge in [0, 0.05) is 11.8 Å². The zero-order valence-corrected chi connectivity index (χ0v) is 11.8. The number of hydrogen-bond acceptors (Lipinski definition) is 5. The van der Waals surface area contributed by atoms with Gasteiger partial charge in [0.15, 0.2) is 11.5 Å². The molecule has 7 heteroatoms. The maximum atomic E-state index is 12.9. The van der Waals surface area contributed by atoms with Crippen LogP contribution in [0.5, 0.6) is 11.5 Å². The number of halogens is 2. The third kappa shape index (κ3) is 3.74. The lowest BCUT2D eigenvalue weighted by Crippen LogP contribution is -2.31. The molecule has 0 aromatic heterocycles. The lowest BCUT2D eigenvalue weighted by atomic mass is 10.1. The van der Waals surface area contributed by atoms with Crippen LogP contribution < -0.4 is 14.8 Å². The van der Waals surface area contributed by atoms with Crippen molar-refractivity contribution in [2.45, 2.75) is 39.0 Å². The van der Waals surface area contributed by atoms with Gasteiger partial charge in [-0.2, -0.15) is 0 Å². The average molecular weight is 301 g/mol. The summed E-state index contributed by atoms with van der Waals surface area (Å²) in [7, 11) is 0. The van der Waals surface area contributed by atoms with Gasteiger partial charge in [-0.1, -0.05) is 13.3 Å². The molecule has 0 fully saturated rings. The molecule has 1 aliphatic rings. The monoisotopic (exact) mass is 301 g/mol. The first-order valence-corrected chi connectivity index (χ1v) is 6.78. The SMILES string of the molecule is CCCC(Nc1ccc2c(c1)OC(F)(F)O2)C(=O)OCC. The van der Waals surface area contributed by atoms with E-state index in [1.165, 1.54) is 12.1 Å². The van der Waals surface area contributed by atoms with Crippen molar-refractivity contribution in [3.63, 3.8) is 0 Å². The van der Waals surface area contributed by atoms with Crippen LogP contribution in [0.4, 0.5) is 14.5 Å². The molecule has 1 atom stereocenters. The van der Waals surface area contributed by atoms with Crippen LogP contribution >= 0.6 is 0 Å². The zero-order valence-electron chi connectivity index (χ0n) is 11.8. The predicted octanol–water partition coefficient (Wildman–Crippen LogP) is 3.15. The van der Waals surface area contributed by atoms with Gasteiger partial charge in [-0.15, -0.1) is 8.78 Å². The first-order valence-electron chi connectivity index (χ1n) is 6.78. The van der Waals surface area contributed by atoms with E-state index < -0.39 is 12.3 Å². The van der Waals surface area contributed by atoms with Crippen LogP contribution in [0.1, 0.15) is 26.7 Å². The Bertz CT molecular complexity index is 522. The van der Waals surface area contributed by atoms with Gasteiger partial charge in [0.25, 0.3) is 0 Å². The summed E-state index contributed by atoms with van der Waals surface area (Å²) in [5.41, 5.74) is 0.488. The number of esters is 1. The molecule has 1 aromatic rings. The maximum Gasteiger partial charge on any atom is 0.586 e. The Hall–Kier alpha value is -2.05. The predicted molar refractivity (Wildman–Crippen MR) is 71.6 cm³/mol. The minimum atomic E-state index is -3.65. The molecule has 1 N–H and O–H groups in total. The van der Waals surface area contributed by atoms with E-state index in [-0.39, 0.29) is 24.1 Å². The van der Waals surface area contributed by atoms with E-state index in [4.69, 9.17) is 4.74 Å². The second kappa shape index (κ2) is 6.15. The standard InChI is InChI=1S/C14H17F2NO4/c1-3-5-10(13(18)19-4-2)17-9-6-7-11-12(8-9)21-14(15,16)20-11/h6-8,10,17H,3-5H2,1-2H3. The van der Waals surface area contributed by atoms with Crippen LogP contribution in [0, 0.1) is 0 Å². The summed E-state index contributed by atoms with van der Waals surface area (Å²) < 4.78 is 39.5. The largest absolute Gasteiger partial charge is 0.586 e. The van der Waals surface area contributed by atoms with Crippen LogP contribution in [0.15, 0.2) is 18.2 Å². The molecule has 21 heavy (non-hydrogen) atoms. The van der Waals surface area contributed by atoms with Crippen LogP contribution in [0.3, 0.4) is 0 Å². The molecule has 0 bridgehead atoms. The van der Waals surface area contributed by atoms with Crippen LogP contribution in [-0.4, -0.2) is 24.9 Å². The molecule has 1 heterocycles. The molecule has 1 aliphatic heterocycles. The van der Waals surface area contributed by atoms with Gasteiger partial charge in [-0.3, -0.25) is 0 Å². The smallest absolute Gasteiger partial charge is 0.464 e. The fourth-order valence-corrected chi connectivity index (χ4v) is 2.02. The molecule has 0 saturated carbocycles. The van der Waals surface area contributed by atoms with E-state index in [0.29, 0.717) is 12.1 Å². The molecule has 0 spiro atoms. The van der Waals surface area contributed by atoms with Crippen LogP contribution in [0.25, 0.3) is 0 Å². The number of nitrogens with one attached hydrogen (secondary N) is 1. The molecule has 2 rings (SSSR count). The summed E-state index contributed by atoms with van der Waals surface area (Å²) in [6.45, 7) is 3.95. The second-order valence-electron chi connectivity index (χ2n) is 4.57. The normalized spacial score (nSPS) is 16.4. The number of ether oxygens (including phenoxy) is 3. The topological polar surface area (TPSA) is 56.8 Å². The third-order valence-electron chi connectivity index (χ3n) is 2.89. The van der Waals surface area contributed by atoms with Crippen molar-refractivity contribution in [1.29, 1.82) is 0 Å². The number of carbonyl (C=O) groups excluding carboxylic acids is 1. The molecule has 1 unspecified atom stereocenters. The Kier molecular flexibility index (Phi) is 4.50. The van der Waals surface area contributed by atoms with Crippen molar-refractivity contribution < 1.29 is 27.8 Å². The van der Waals surface area contributed by atoms with Gasteiger partial charge in [0.1, 0.15) is 6.04 Å². The van der Waals surface area contributed by atoms with Crippen molar-refractivity contribution >= 4 is 11.7 Å². The first-order chi connectivity index (χ1) is 9.95. The number of benzene rings is 1. The molecular weight excluding hydrogens is 284 g/mol. The lowest BCUT2D eigenvalue weighted by molar-refractivity contribution is -0.286. The number of anilines is 1. The van der Waals surface area contributed by atoms with Gasteiger partial charge in [0.05, 0.1) is 6.61 Å². The van der Waals surface area contributed by atoms with E-state index in [9.17, 15) is 13.6 Å². The van der Waals surface area contributed by atoms with E-state index in [1.807, 2.05) is 6.92 Å². The van der Waals surface area contributed by atoms with Crippen LogP contribution in [0.2, 0.25) is 0 Å². The van der Waals surface area contributed by atoms with Crippen molar-refractivity contribution in [1.82, 2.24) is 0 Å². The number of fused-ring (bicyclic) bond motifs is 1. The second-order valence-corrected chi connectivity index (χ2v) is 4.57. The molecule has 116 valence electrons. The quantitative estimate of drug-likeness (QED) is 0.818. The molecule has 0 amide bonds. The minimum absolute atomic E-state index is 0.0336. The summed E-state index contributed by atoms with van der Waals surface area (Å²) in [5, 5.41) is 2.97. The Balaban J connectivity index is 2.10. The average Bonchev–Trinajstić information content (AvgIpc) is 2.71. The highest BCUT2D eigenvalue weighted by Gasteiger charge is 2.43. The number of alkyl halides is 2. The minimum Gasteiger partial charge on any atom is -0.464 e. The summed E-state index contributed by atoms with van der Waals surface area (Å²) >= 11 is 0. The molecule has 1 aromatic carbocycles. The highest BCUT2D eigenvalue weighted by atomic mass is 19.3. The molecule has 5 nitrogen and oxygen atoms in total. The third-order valence-corrected chi connectivity index (χ3v) is 2.89. The van der Waals surface area contributed by atoms with Gasteiger partial charge in [-0.25, -0.2) is 4.79 Å². The van der Waals surface area contributed by atoms with E-state index in [0.717, 1.165) is 6.42 Å². The summed E-state index contributed by atoms with van der Waals surface area (Å²) in [5.74, 6) is -0.472. The summed E-state index contributed by atoms with van der Waals surface area (Å²) in [4.78, 5) is 11.8. The Morgan fingerprint density at radius 3 is 2.71 bits per heavy atom. The van der Waals surface area contributed by atoms with Gasteiger partial charge in [0.2, 0.25) is 0 Å². The van der Waals surface area contributed by atoms with Crippen LogP contribution in [-0.2, 0) is 9.53 Å². The molecule has 0 aliphatic carbocycles. The van der Waals surface area contributed by atoms with Crippen molar-refractivity contribution in [3.8, 4) is 11.5 Å². The fourth-order valence-electron chi connectivity index (χ4n) is 2.02. The Morgan fingerprint density at radius 2 is 2.05 bits per heavy atom.